The van der Waals surface area contributed by atoms with Crippen LogP contribution in [0.3, 0.4) is 0 Å². The number of rotatable bonds is 3. The van der Waals surface area contributed by atoms with Crippen LogP contribution in [0, 0.1) is 29.6 Å². The molecule has 26 heavy (non-hydrogen) atoms. The Morgan fingerprint density at radius 1 is 1.35 bits per heavy atom. The van der Waals surface area contributed by atoms with Crippen molar-refractivity contribution in [3.8, 4) is 11.8 Å². The largest absolute Gasteiger partial charge is 0.452 e. The molecule has 0 spiro atoms. The van der Waals surface area contributed by atoms with E-state index in [2.05, 4.69) is 17.2 Å². The van der Waals surface area contributed by atoms with E-state index in [1.54, 1.807) is 0 Å². The first-order valence-electron chi connectivity index (χ1n) is 8.14. The number of furan rings is 1. The topological polar surface area (TPSA) is 62.6 Å². The summed E-state index contributed by atoms with van der Waals surface area (Å²) in [5, 5.41) is 2.26. The fourth-order valence-corrected chi connectivity index (χ4v) is 3.09. The third-order valence-electron chi connectivity index (χ3n) is 4.49. The van der Waals surface area contributed by atoms with Crippen molar-refractivity contribution in [2.45, 2.75) is 19.0 Å². The summed E-state index contributed by atoms with van der Waals surface area (Å²) in [6.45, 7) is -0.829. The molecule has 1 aliphatic carbocycles. The van der Waals surface area contributed by atoms with Crippen molar-refractivity contribution in [2.24, 2.45) is 17.8 Å². The van der Waals surface area contributed by atoms with Crippen LogP contribution in [0.1, 0.15) is 23.2 Å². The van der Waals surface area contributed by atoms with E-state index in [0.29, 0.717) is 0 Å². The van der Waals surface area contributed by atoms with Gasteiger partial charge in [-0.25, -0.2) is 0 Å². The highest BCUT2D eigenvalue weighted by atomic mass is 35.5. The van der Waals surface area contributed by atoms with E-state index in [0.717, 1.165) is 17.7 Å². The summed E-state index contributed by atoms with van der Waals surface area (Å²) in [6, 6.07) is 1.32. The number of likely N-dealkylation sites (tertiary alicyclic amines) is 1. The summed E-state index contributed by atoms with van der Waals surface area (Å²) in [5.41, 5.74) is 0.0209. The number of halogens is 4. The average molecular weight is 389 g/mol. The van der Waals surface area contributed by atoms with Gasteiger partial charge in [0.1, 0.15) is 0 Å². The Morgan fingerprint density at radius 3 is 2.65 bits per heavy atom. The summed E-state index contributed by atoms with van der Waals surface area (Å²) in [5.74, 6) is 1.47. The zero-order chi connectivity index (χ0) is 18.9. The van der Waals surface area contributed by atoms with E-state index in [9.17, 15) is 22.8 Å². The minimum Gasteiger partial charge on any atom is -0.452 e. The van der Waals surface area contributed by atoms with Gasteiger partial charge in [0, 0.05) is 31.5 Å². The highest BCUT2D eigenvalue weighted by Gasteiger charge is 2.50. The van der Waals surface area contributed by atoms with Gasteiger partial charge < -0.3 is 14.6 Å². The molecule has 9 heteroatoms. The van der Waals surface area contributed by atoms with E-state index in [4.69, 9.17) is 16.0 Å². The molecule has 1 aromatic heterocycles. The van der Waals surface area contributed by atoms with E-state index in [1.165, 1.54) is 12.3 Å². The van der Waals surface area contributed by atoms with Crippen LogP contribution < -0.4 is 5.32 Å². The molecular weight excluding hydrogens is 373 g/mol. The first kappa shape index (κ1) is 18.6. The number of carbonyl (C=O) groups excluding carboxylic acids is 2. The lowest BCUT2D eigenvalue weighted by atomic mass is 9.95. The molecule has 2 heterocycles. The van der Waals surface area contributed by atoms with Crippen molar-refractivity contribution in [3.05, 3.63) is 23.1 Å². The fourth-order valence-electron chi connectivity index (χ4n) is 2.89. The van der Waals surface area contributed by atoms with E-state index in [-0.39, 0.29) is 29.8 Å². The Hall–Kier alpha value is -2.14. The molecular formula is C17H16ClF3N2O3. The second-order valence-corrected chi connectivity index (χ2v) is 6.82. The number of hydrogen-bond donors (Lipinski definition) is 1. The monoisotopic (exact) mass is 388 g/mol. The lowest BCUT2D eigenvalue weighted by molar-refractivity contribution is -0.179. The molecule has 2 unspecified atom stereocenters. The van der Waals surface area contributed by atoms with Gasteiger partial charge in [-0.3, -0.25) is 9.59 Å². The van der Waals surface area contributed by atoms with Gasteiger partial charge in [0.2, 0.25) is 5.22 Å². The van der Waals surface area contributed by atoms with Crippen molar-refractivity contribution in [1.29, 1.82) is 0 Å². The van der Waals surface area contributed by atoms with Gasteiger partial charge >= 0.3 is 6.18 Å². The molecule has 1 aliphatic heterocycles. The van der Waals surface area contributed by atoms with Crippen molar-refractivity contribution < 1.29 is 27.2 Å². The van der Waals surface area contributed by atoms with Gasteiger partial charge in [0.05, 0.1) is 17.7 Å². The van der Waals surface area contributed by atoms with Crippen LogP contribution in [0.25, 0.3) is 0 Å². The van der Waals surface area contributed by atoms with Crippen molar-refractivity contribution >= 4 is 23.4 Å². The predicted molar refractivity (Wildman–Crippen MR) is 86.2 cm³/mol. The number of nitrogens with one attached hydrogen (secondary N) is 1. The summed E-state index contributed by atoms with van der Waals surface area (Å²) in [4.78, 5) is 25.1. The average Bonchev–Trinajstić information content (AvgIpc) is 3.13. The molecule has 0 radical (unpaired) electrons. The molecule has 2 aliphatic rings. The van der Waals surface area contributed by atoms with Gasteiger partial charge in [0.15, 0.2) is 0 Å². The van der Waals surface area contributed by atoms with Crippen LogP contribution in [0.15, 0.2) is 16.7 Å². The first-order chi connectivity index (χ1) is 12.3. The number of amides is 2. The number of alkyl halides is 3. The van der Waals surface area contributed by atoms with E-state index < -0.39 is 36.4 Å². The van der Waals surface area contributed by atoms with Crippen molar-refractivity contribution in [1.82, 2.24) is 10.2 Å². The lowest BCUT2D eigenvalue weighted by Gasteiger charge is -2.20. The first-order valence-corrected chi connectivity index (χ1v) is 8.52. The number of carbonyl (C=O) groups is 2. The van der Waals surface area contributed by atoms with Crippen molar-refractivity contribution in [2.75, 3.05) is 19.6 Å². The van der Waals surface area contributed by atoms with Gasteiger partial charge in [-0.2, -0.15) is 13.2 Å². The molecule has 0 aromatic carbocycles. The summed E-state index contributed by atoms with van der Waals surface area (Å²) in [7, 11) is 0. The van der Waals surface area contributed by atoms with Crippen LogP contribution in [0.5, 0.6) is 0 Å². The van der Waals surface area contributed by atoms with E-state index >= 15 is 0 Å². The van der Waals surface area contributed by atoms with Gasteiger partial charge in [-0.15, -0.1) is 0 Å². The molecule has 5 nitrogen and oxygen atoms in total. The van der Waals surface area contributed by atoms with Gasteiger partial charge in [-0.05, 0) is 36.4 Å². The molecule has 140 valence electrons. The highest BCUT2D eigenvalue weighted by molar-refractivity contribution is 6.32. The summed E-state index contributed by atoms with van der Waals surface area (Å²) < 4.78 is 44.8. The lowest BCUT2D eigenvalue weighted by Crippen LogP contribution is -2.37. The second kappa shape index (κ2) is 7.23. The Balaban J connectivity index is 1.65. The minimum absolute atomic E-state index is 0.0209. The maximum Gasteiger partial charge on any atom is 0.393 e. The van der Waals surface area contributed by atoms with Crippen molar-refractivity contribution in [3.63, 3.8) is 0 Å². The van der Waals surface area contributed by atoms with Crippen LogP contribution in [-0.2, 0) is 4.79 Å². The summed E-state index contributed by atoms with van der Waals surface area (Å²) in [6.07, 6.45) is -1.38. The fraction of sp³-hybridized carbons (Fsp3) is 0.529. The minimum atomic E-state index is -4.48. The molecule has 1 saturated heterocycles. The Labute approximate surface area is 152 Å². The zero-order valence-electron chi connectivity index (χ0n) is 13.6. The third kappa shape index (κ3) is 4.33. The van der Waals surface area contributed by atoms with Crippen LogP contribution >= 0.6 is 11.6 Å². The molecule has 1 N–H and O–H groups in total. The molecule has 1 aromatic rings. The van der Waals surface area contributed by atoms with Crippen LogP contribution in [0.4, 0.5) is 13.2 Å². The molecule has 2 atom stereocenters. The maximum absolute atomic E-state index is 13.3. The number of hydrogen-bond acceptors (Lipinski definition) is 3. The Kier molecular flexibility index (Phi) is 5.19. The predicted octanol–water partition coefficient (Wildman–Crippen LogP) is 2.71. The third-order valence-corrected chi connectivity index (χ3v) is 4.78. The second-order valence-electron chi connectivity index (χ2n) is 6.48. The van der Waals surface area contributed by atoms with Crippen LogP contribution in [-0.4, -0.2) is 42.5 Å². The smallest absolute Gasteiger partial charge is 0.393 e. The maximum atomic E-state index is 13.3. The summed E-state index contributed by atoms with van der Waals surface area (Å²) >= 11 is 5.74. The molecule has 1 saturated carbocycles. The molecule has 2 fully saturated rings. The molecule has 2 amide bonds. The molecule has 0 bridgehead atoms. The Morgan fingerprint density at radius 2 is 2.08 bits per heavy atom. The SMILES string of the molecule is O=C(C#CC1CC1)NCC1CN(C(=O)c2ccoc2Cl)CC1C(F)(F)F. The zero-order valence-corrected chi connectivity index (χ0v) is 14.4. The highest BCUT2D eigenvalue weighted by Crippen LogP contribution is 2.38. The quantitative estimate of drug-likeness (QED) is 0.810. The van der Waals surface area contributed by atoms with Gasteiger partial charge in [-0.1, -0.05) is 5.92 Å². The normalized spacial score (nSPS) is 22.7. The van der Waals surface area contributed by atoms with Gasteiger partial charge in [0.25, 0.3) is 11.8 Å². The van der Waals surface area contributed by atoms with E-state index in [1.807, 2.05) is 0 Å². The Bertz CT molecular complexity index is 761. The number of nitrogens with zero attached hydrogens (tertiary/aromatic N) is 1. The molecule has 3 rings (SSSR count). The standard InChI is InChI=1S/C17H16ClF3N2O3/c18-15-12(5-6-26-15)16(25)23-8-11(13(9-23)17(19,20)21)7-22-14(24)4-3-10-1-2-10/h5-6,10-11,13H,1-2,7-9H2,(H,22,24). The van der Waals surface area contributed by atoms with Crippen LogP contribution in [0.2, 0.25) is 5.22 Å².